The van der Waals surface area contributed by atoms with Gasteiger partial charge in [-0.15, -0.1) is 0 Å². The summed E-state index contributed by atoms with van der Waals surface area (Å²) in [6, 6.07) is 14.9. The number of hydrogen-bond donors (Lipinski definition) is 0. The van der Waals surface area contributed by atoms with Crippen LogP contribution >= 0.6 is 0 Å². The van der Waals surface area contributed by atoms with Gasteiger partial charge in [-0.3, -0.25) is 0 Å². The predicted octanol–water partition coefficient (Wildman–Crippen LogP) is 8.52. The van der Waals surface area contributed by atoms with Crippen LogP contribution in [0.25, 0.3) is 61.6 Å². The van der Waals surface area contributed by atoms with Crippen molar-refractivity contribution in [3.05, 3.63) is 107 Å². The van der Waals surface area contributed by atoms with Crippen molar-refractivity contribution in [2.75, 3.05) is 0 Å². The summed E-state index contributed by atoms with van der Waals surface area (Å²) in [6.07, 6.45) is 13.2. The van der Waals surface area contributed by atoms with Crippen molar-refractivity contribution in [2.24, 2.45) is 0 Å². The monoisotopic (exact) mass is 483 g/mol. The van der Waals surface area contributed by atoms with Gasteiger partial charge in [-0.2, -0.15) is 5.26 Å². The summed E-state index contributed by atoms with van der Waals surface area (Å²) in [4.78, 5) is 3.13. The molecule has 37 heavy (non-hydrogen) atoms. The largest absolute Gasteiger partial charge is 0.464 e. The van der Waals surface area contributed by atoms with Gasteiger partial charge >= 0.3 is 0 Å². The van der Waals surface area contributed by atoms with E-state index in [4.69, 9.17) is 34.8 Å². The van der Waals surface area contributed by atoms with E-state index in [1.807, 2.05) is 36.4 Å². The van der Waals surface area contributed by atoms with Crippen LogP contribution in [-0.4, -0.2) is 0 Å². The van der Waals surface area contributed by atoms with Crippen LogP contribution in [0, 0.1) is 29.2 Å². The number of nitrogens with zero attached hydrogens (tertiary/aromatic N) is 3. The van der Waals surface area contributed by atoms with Crippen molar-refractivity contribution in [1.29, 1.82) is 10.5 Å². The van der Waals surface area contributed by atoms with Crippen LogP contribution in [0.3, 0.4) is 0 Å². The number of fused-ring (bicyclic) bond motifs is 2. The third kappa shape index (κ3) is 4.39. The minimum Gasteiger partial charge on any atom is -0.464 e. The van der Waals surface area contributed by atoms with Crippen molar-refractivity contribution in [1.82, 2.24) is 0 Å². The SMILES string of the molecule is [C-]#[N+]/C(C#N)=C/C=C/c1ccc(-c2c3ccoc3c(-c3ccc(/C=C/C=C(/C)C#N)o3)c3ccoc23)o1. The van der Waals surface area contributed by atoms with Crippen molar-refractivity contribution in [3.63, 3.8) is 0 Å². The highest BCUT2D eigenvalue weighted by atomic mass is 16.4. The van der Waals surface area contributed by atoms with E-state index in [9.17, 15) is 0 Å². The van der Waals surface area contributed by atoms with Crippen molar-refractivity contribution >= 4 is 34.1 Å². The van der Waals surface area contributed by atoms with E-state index in [0.29, 0.717) is 39.8 Å². The van der Waals surface area contributed by atoms with Crippen LogP contribution in [0.1, 0.15) is 18.4 Å². The molecule has 0 fully saturated rings. The highest BCUT2D eigenvalue weighted by molar-refractivity contribution is 6.17. The summed E-state index contributed by atoms with van der Waals surface area (Å²) in [5.74, 6) is 2.38. The predicted molar refractivity (Wildman–Crippen MR) is 139 cm³/mol. The molecule has 0 bridgehead atoms. The Bertz CT molecular complexity index is 1810. The molecule has 0 aliphatic rings. The van der Waals surface area contributed by atoms with E-state index in [1.165, 1.54) is 6.08 Å². The number of allylic oxidation sites excluding steroid dienone is 6. The first-order valence-corrected chi connectivity index (χ1v) is 11.1. The van der Waals surface area contributed by atoms with E-state index in [-0.39, 0.29) is 5.70 Å². The number of hydrogen-bond acceptors (Lipinski definition) is 6. The van der Waals surface area contributed by atoms with Crippen LogP contribution in [-0.2, 0) is 0 Å². The Labute approximate surface area is 211 Å². The number of benzene rings is 1. The van der Waals surface area contributed by atoms with E-state index in [2.05, 4.69) is 10.9 Å². The van der Waals surface area contributed by atoms with Crippen LogP contribution < -0.4 is 0 Å². The van der Waals surface area contributed by atoms with Crippen LogP contribution in [0.4, 0.5) is 0 Å². The molecule has 7 heteroatoms. The zero-order valence-electron chi connectivity index (χ0n) is 19.6. The van der Waals surface area contributed by atoms with Gasteiger partial charge in [0.2, 0.25) is 0 Å². The van der Waals surface area contributed by atoms with Gasteiger partial charge < -0.3 is 17.7 Å². The Morgan fingerprint density at radius 2 is 1.32 bits per heavy atom. The average Bonchev–Trinajstić information content (AvgIpc) is 3.72. The van der Waals surface area contributed by atoms with Gasteiger partial charge in [0.05, 0.1) is 42.4 Å². The molecule has 5 rings (SSSR count). The number of furan rings is 4. The lowest BCUT2D eigenvalue weighted by Gasteiger charge is -2.06. The molecular formula is C30H17N3O4. The lowest BCUT2D eigenvalue weighted by Crippen LogP contribution is -1.84. The van der Waals surface area contributed by atoms with Gasteiger partial charge in [0.25, 0.3) is 5.70 Å². The minimum atomic E-state index is -0.0126. The highest BCUT2D eigenvalue weighted by Gasteiger charge is 2.24. The Kier molecular flexibility index (Phi) is 6.15. The third-order valence-corrected chi connectivity index (χ3v) is 5.60. The molecule has 0 atom stereocenters. The highest BCUT2D eigenvalue weighted by Crippen LogP contribution is 2.45. The summed E-state index contributed by atoms with van der Waals surface area (Å²) < 4.78 is 24.0. The lowest BCUT2D eigenvalue weighted by atomic mass is 9.98. The van der Waals surface area contributed by atoms with E-state index >= 15 is 0 Å². The minimum absolute atomic E-state index is 0.0126. The third-order valence-electron chi connectivity index (χ3n) is 5.60. The van der Waals surface area contributed by atoms with Crippen LogP contribution in [0.15, 0.2) is 102 Å². The Morgan fingerprint density at radius 3 is 1.81 bits per heavy atom. The molecule has 0 saturated carbocycles. The van der Waals surface area contributed by atoms with Gasteiger partial charge in [0.1, 0.15) is 34.2 Å². The quantitative estimate of drug-likeness (QED) is 0.136. The van der Waals surface area contributed by atoms with Gasteiger partial charge in [0.15, 0.2) is 0 Å². The van der Waals surface area contributed by atoms with E-state index in [1.54, 1.807) is 55.9 Å². The first-order chi connectivity index (χ1) is 18.1. The molecule has 0 N–H and O–H groups in total. The molecule has 0 aliphatic heterocycles. The van der Waals surface area contributed by atoms with Crippen LogP contribution in [0.5, 0.6) is 0 Å². The Balaban J connectivity index is 1.58. The maximum atomic E-state index is 8.90. The second kappa shape index (κ2) is 9.88. The van der Waals surface area contributed by atoms with Crippen LogP contribution in [0.2, 0.25) is 0 Å². The molecule has 0 saturated heterocycles. The van der Waals surface area contributed by atoms with Gasteiger partial charge in [0, 0.05) is 16.3 Å². The number of nitriles is 2. The van der Waals surface area contributed by atoms with Crippen molar-refractivity contribution < 1.29 is 17.7 Å². The van der Waals surface area contributed by atoms with E-state index < -0.39 is 0 Å². The Morgan fingerprint density at radius 1 is 0.784 bits per heavy atom. The van der Waals surface area contributed by atoms with Gasteiger partial charge in [-0.1, -0.05) is 12.2 Å². The fourth-order valence-electron chi connectivity index (χ4n) is 3.95. The van der Waals surface area contributed by atoms with Crippen molar-refractivity contribution in [3.8, 4) is 34.8 Å². The zero-order valence-corrected chi connectivity index (χ0v) is 19.6. The maximum absolute atomic E-state index is 8.90. The molecule has 1 aromatic carbocycles. The van der Waals surface area contributed by atoms with Crippen molar-refractivity contribution in [2.45, 2.75) is 6.92 Å². The molecule has 0 unspecified atom stereocenters. The topological polar surface area (TPSA) is 104 Å². The fraction of sp³-hybridized carbons (Fsp3) is 0.0333. The van der Waals surface area contributed by atoms with E-state index in [0.717, 1.165) is 21.9 Å². The molecular weight excluding hydrogens is 466 g/mol. The number of rotatable bonds is 6. The fourth-order valence-corrected chi connectivity index (χ4v) is 3.95. The summed E-state index contributed by atoms with van der Waals surface area (Å²) in [7, 11) is 0. The molecule has 0 aliphatic carbocycles. The second-order valence-corrected chi connectivity index (χ2v) is 7.94. The van der Waals surface area contributed by atoms with Gasteiger partial charge in [-0.25, -0.2) is 10.1 Å². The molecule has 7 nitrogen and oxygen atoms in total. The summed E-state index contributed by atoms with van der Waals surface area (Å²) in [6.45, 7) is 8.68. The first kappa shape index (κ1) is 23.1. The molecule has 0 radical (unpaired) electrons. The lowest BCUT2D eigenvalue weighted by molar-refractivity contribution is 0.566. The molecule has 0 amide bonds. The first-order valence-electron chi connectivity index (χ1n) is 11.1. The Hall–Kier alpha value is -5.71. The molecule has 5 aromatic rings. The summed E-state index contributed by atoms with van der Waals surface area (Å²) in [5, 5.41) is 19.4. The zero-order chi connectivity index (χ0) is 25.8. The molecule has 4 aromatic heterocycles. The molecule has 4 heterocycles. The molecule has 176 valence electrons. The normalized spacial score (nSPS) is 12.5. The maximum Gasteiger partial charge on any atom is 0.261 e. The molecule has 0 spiro atoms. The standard InChI is InChI=1S/C30H17N3O4/c1-19(17-31)5-3-7-21-9-11-25(36-21)27-23-13-15-35-30(23)28(24-14-16-34-29(24)27)26-12-10-22(37-26)8-4-6-20(18-32)33-2/h3-16H,1H3/b7-3+,8-4+,19-5-,20-6+. The summed E-state index contributed by atoms with van der Waals surface area (Å²) >= 11 is 0. The van der Waals surface area contributed by atoms with Gasteiger partial charge in [-0.05, 0) is 67.6 Å². The summed E-state index contributed by atoms with van der Waals surface area (Å²) in [5.41, 5.74) is 3.33. The smallest absolute Gasteiger partial charge is 0.261 e. The second-order valence-electron chi connectivity index (χ2n) is 7.94. The average molecular weight is 483 g/mol.